The summed E-state index contributed by atoms with van der Waals surface area (Å²) in [6, 6.07) is 9.49. The fraction of sp³-hybridized carbons (Fsp3) is 0.259. The lowest BCUT2D eigenvalue weighted by molar-refractivity contribution is 0.0688. The number of ether oxygens (including phenoxy) is 1. The molecule has 0 aliphatic heterocycles. The molecule has 0 saturated carbocycles. The smallest absolute Gasteiger partial charge is 0.280 e. The number of hydrogen-bond donors (Lipinski definition) is 1. The normalized spacial score (nSPS) is 11.6. The van der Waals surface area contributed by atoms with Gasteiger partial charge >= 0.3 is 0 Å². The van der Waals surface area contributed by atoms with Crippen molar-refractivity contribution in [1.82, 2.24) is 19.5 Å². The van der Waals surface area contributed by atoms with E-state index in [1.165, 1.54) is 17.6 Å². The Kier molecular flexibility index (Phi) is 7.12. The molecule has 192 valence electrons. The molecule has 0 bridgehead atoms. The van der Waals surface area contributed by atoms with E-state index in [2.05, 4.69) is 15.0 Å². The molecular formula is C27H25ClF2N4O3. The average Bonchev–Trinajstić information content (AvgIpc) is 2.84. The van der Waals surface area contributed by atoms with E-state index < -0.39 is 22.8 Å². The summed E-state index contributed by atoms with van der Waals surface area (Å²) in [5, 5.41) is 10.0. The number of rotatable bonds is 6. The summed E-state index contributed by atoms with van der Waals surface area (Å²) in [6.45, 7) is 7.71. The van der Waals surface area contributed by atoms with Crippen LogP contribution in [-0.2, 0) is 12.2 Å². The lowest BCUT2D eigenvalue weighted by Gasteiger charge is -2.18. The van der Waals surface area contributed by atoms with Crippen molar-refractivity contribution >= 4 is 11.6 Å². The SMILES string of the molecule is Cc1cnc(C(C)(C)O)nc1-c1cccc(-n2c(C)nc(OCc3ccc(F)c(C)c3F)c(Cl)c2=O)c1. The molecule has 7 nitrogen and oxygen atoms in total. The van der Waals surface area contributed by atoms with Gasteiger partial charge in [0, 0.05) is 22.9 Å². The van der Waals surface area contributed by atoms with Gasteiger partial charge in [0.2, 0.25) is 5.88 Å². The third-order valence-corrected chi connectivity index (χ3v) is 6.15. The Balaban J connectivity index is 1.70. The lowest BCUT2D eigenvalue weighted by atomic mass is 10.0. The van der Waals surface area contributed by atoms with Gasteiger partial charge < -0.3 is 9.84 Å². The van der Waals surface area contributed by atoms with E-state index in [-0.39, 0.29) is 40.3 Å². The van der Waals surface area contributed by atoms with Crippen LogP contribution in [-0.4, -0.2) is 24.6 Å². The summed E-state index contributed by atoms with van der Waals surface area (Å²) >= 11 is 6.31. The zero-order chi connectivity index (χ0) is 27.1. The van der Waals surface area contributed by atoms with Gasteiger partial charge in [-0.3, -0.25) is 9.36 Å². The van der Waals surface area contributed by atoms with Crippen molar-refractivity contribution < 1.29 is 18.6 Å². The highest BCUT2D eigenvalue weighted by Crippen LogP contribution is 2.27. The second-order valence-corrected chi connectivity index (χ2v) is 9.57. The van der Waals surface area contributed by atoms with Gasteiger partial charge in [-0.25, -0.2) is 18.7 Å². The van der Waals surface area contributed by atoms with Gasteiger partial charge in [0.05, 0.1) is 11.4 Å². The first-order chi connectivity index (χ1) is 17.4. The fourth-order valence-corrected chi connectivity index (χ4v) is 3.96. The van der Waals surface area contributed by atoms with Crippen molar-refractivity contribution in [3.8, 4) is 22.8 Å². The summed E-state index contributed by atoms with van der Waals surface area (Å²) in [6.07, 6.45) is 1.63. The molecule has 4 rings (SSSR count). The monoisotopic (exact) mass is 526 g/mol. The summed E-state index contributed by atoms with van der Waals surface area (Å²) in [7, 11) is 0. The minimum Gasteiger partial charge on any atom is -0.471 e. The van der Waals surface area contributed by atoms with Crippen molar-refractivity contribution in [2.24, 2.45) is 0 Å². The molecule has 2 aromatic carbocycles. The number of aromatic nitrogens is 4. The Morgan fingerprint density at radius 1 is 1.11 bits per heavy atom. The van der Waals surface area contributed by atoms with Crippen LogP contribution < -0.4 is 10.3 Å². The second-order valence-electron chi connectivity index (χ2n) is 9.19. The molecule has 0 spiro atoms. The molecule has 0 saturated heterocycles. The number of benzene rings is 2. The molecule has 4 aromatic rings. The summed E-state index contributed by atoms with van der Waals surface area (Å²) in [5.41, 5.74) is 0.770. The Morgan fingerprint density at radius 2 is 1.84 bits per heavy atom. The Hall–Kier alpha value is -3.69. The van der Waals surface area contributed by atoms with Crippen LogP contribution in [0.15, 0.2) is 47.4 Å². The van der Waals surface area contributed by atoms with Gasteiger partial charge in [-0.15, -0.1) is 0 Å². The highest BCUT2D eigenvalue weighted by Gasteiger charge is 2.22. The first kappa shape index (κ1) is 26.4. The Morgan fingerprint density at radius 3 is 2.54 bits per heavy atom. The minimum atomic E-state index is -1.23. The summed E-state index contributed by atoms with van der Waals surface area (Å²) in [5.74, 6) is -0.989. The van der Waals surface area contributed by atoms with Crippen LogP contribution in [0, 0.1) is 32.4 Å². The molecule has 10 heteroatoms. The molecule has 0 unspecified atom stereocenters. The zero-order valence-electron chi connectivity index (χ0n) is 20.9. The van der Waals surface area contributed by atoms with E-state index in [4.69, 9.17) is 16.3 Å². The highest BCUT2D eigenvalue weighted by molar-refractivity contribution is 6.31. The van der Waals surface area contributed by atoms with Gasteiger partial charge in [-0.2, -0.15) is 4.98 Å². The van der Waals surface area contributed by atoms with Crippen molar-refractivity contribution in [2.75, 3.05) is 0 Å². The molecule has 0 aliphatic rings. The van der Waals surface area contributed by atoms with Gasteiger partial charge in [-0.05, 0) is 64.4 Å². The number of hydrogen-bond acceptors (Lipinski definition) is 6. The molecule has 0 radical (unpaired) electrons. The van der Waals surface area contributed by atoms with Crippen molar-refractivity contribution in [1.29, 1.82) is 0 Å². The first-order valence-electron chi connectivity index (χ1n) is 11.4. The van der Waals surface area contributed by atoms with Crippen molar-refractivity contribution in [3.63, 3.8) is 0 Å². The number of nitrogens with zero attached hydrogens (tertiary/aromatic N) is 4. The molecule has 2 aromatic heterocycles. The number of halogens is 3. The average molecular weight is 527 g/mol. The number of aryl methyl sites for hydroxylation is 2. The zero-order valence-corrected chi connectivity index (χ0v) is 21.7. The molecule has 0 fully saturated rings. The van der Waals surface area contributed by atoms with Gasteiger partial charge in [0.25, 0.3) is 5.56 Å². The van der Waals surface area contributed by atoms with E-state index in [9.17, 15) is 18.7 Å². The Labute approximate surface area is 217 Å². The third kappa shape index (κ3) is 5.23. The lowest BCUT2D eigenvalue weighted by Crippen LogP contribution is -2.23. The fourth-order valence-electron chi connectivity index (χ4n) is 3.78. The predicted octanol–water partition coefficient (Wildman–Crippen LogP) is 5.35. The van der Waals surface area contributed by atoms with Crippen LogP contribution in [0.2, 0.25) is 5.02 Å². The quantitative estimate of drug-likeness (QED) is 0.364. The number of aliphatic hydroxyl groups is 1. The second kappa shape index (κ2) is 9.99. The van der Waals surface area contributed by atoms with E-state index >= 15 is 0 Å². The van der Waals surface area contributed by atoms with Crippen LogP contribution in [0.3, 0.4) is 0 Å². The molecular weight excluding hydrogens is 502 g/mol. The first-order valence-corrected chi connectivity index (χ1v) is 11.8. The predicted molar refractivity (Wildman–Crippen MR) is 136 cm³/mol. The molecule has 0 atom stereocenters. The highest BCUT2D eigenvalue weighted by atomic mass is 35.5. The maximum Gasteiger partial charge on any atom is 0.280 e. The standard InChI is InChI=1S/C27H25ClF2N4O3/c1-14-12-31-26(27(4,5)36)33-23(14)17-7-6-8-19(11-17)34-16(3)32-24(21(28)25(34)35)37-13-18-9-10-20(29)15(2)22(18)30/h6-12,36H,13H2,1-5H3. The van der Waals surface area contributed by atoms with E-state index in [1.54, 1.807) is 45.2 Å². The van der Waals surface area contributed by atoms with Crippen LogP contribution in [0.25, 0.3) is 16.9 Å². The maximum absolute atomic E-state index is 14.3. The Bertz CT molecular complexity index is 1570. The summed E-state index contributed by atoms with van der Waals surface area (Å²) < 4.78 is 34.8. The molecule has 1 N–H and O–H groups in total. The van der Waals surface area contributed by atoms with E-state index in [0.29, 0.717) is 16.9 Å². The topological polar surface area (TPSA) is 90.1 Å². The van der Waals surface area contributed by atoms with Crippen LogP contribution >= 0.6 is 11.6 Å². The maximum atomic E-state index is 14.3. The van der Waals surface area contributed by atoms with Crippen molar-refractivity contribution in [2.45, 2.75) is 46.8 Å². The molecule has 0 aliphatic carbocycles. The molecule has 37 heavy (non-hydrogen) atoms. The van der Waals surface area contributed by atoms with Gasteiger partial charge in [0.15, 0.2) is 10.8 Å². The van der Waals surface area contributed by atoms with E-state index in [1.807, 2.05) is 13.0 Å². The van der Waals surface area contributed by atoms with Crippen LogP contribution in [0.5, 0.6) is 5.88 Å². The van der Waals surface area contributed by atoms with Gasteiger partial charge in [0.1, 0.15) is 29.7 Å². The largest absolute Gasteiger partial charge is 0.471 e. The minimum absolute atomic E-state index is 0.108. The molecule has 0 amide bonds. The third-order valence-electron chi connectivity index (χ3n) is 5.83. The van der Waals surface area contributed by atoms with E-state index in [0.717, 1.165) is 11.6 Å². The van der Waals surface area contributed by atoms with Gasteiger partial charge in [-0.1, -0.05) is 23.7 Å². The van der Waals surface area contributed by atoms with Crippen molar-refractivity contribution in [3.05, 3.63) is 97.9 Å². The van der Waals surface area contributed by atoms with Crippen LogP contribution in [0.1, 0.15) is 42.2 Å². The van der Waals surface area contributed by atoms with Crippen LogP contribution in [0.4, 0.5) is 8.78 Å². The molecule has 2 heterocycles. The summed E-state index contributed by atoms with van der Waals surface area (Å²) in [4.78, 5) is 26.3.